The zero-order valence-electron chi connectivity index (χ0n) is 18.2. The van der Waals surface area contributed by atoms with Crippen molar-refractivity contribution < 1.29 is 27.7 Å². The van der Waals surface area contributed by atoms with E-state index >= 15 is 0 Å². The van der Waals surface area contributed by atoms with Crippen LogP contribution in [0.5, 0.6) is 23.0 Å². The molecule has 2 aromatic carbocycles. The summed E-state index contributed by atoms with van der Waals surface area (Å²) in [5.41, 5.74) is 1.80. The van der Waals surface area contributed by atoms with Gasteiger partial charge in [-0.3, -0.25) is 0 Å². The smallest absolute Gasteiger partial charge is 0.387 e. The second-order valence-electron chi connectivity index (χ2n) is 6.33. The summed E-state index contributed by atoms with van der Waals surface area (Å²) in [6.07, 6.45) is 0. The van der Waals surface area contributed by atoms with Crippen LogP contribution < -0.4 is 29.6 Å². The molecule has 2 aromatic rings. The number of hydrogen-bond acceptors (Lipinski definition) is 5. The molecule has 2 N–H and O–H groups in total. The lowest BCUT2D eigenvalue weighted by molar-refractivity contribution is -0.0514. The van der Waals surface area contributed by atoms with Crippen LogP contribution in [-0.2, 0) is 13.1 Å². The molecule has 0 fully saturated rings. The number of nitrogens with one attached hydrogen (secondary N) is 2. The van der Waals surface area contributed by atoms with E-state index in [0.29, 0.717) is 43.7 Å². The Bertz CT molecular complexity index is 863. The van der Waals surface area contributed by atoms with Crippen molar-refractivity contribution in [2.24, 2.45) is 4.99 Å². The number of halogens is 2. The number of ether oxygens (including phenoxy) is 4. The van der Waals surface area contributed by atoms with Crippen molar-refractivity contribution in [2.45, 2.75) is 33.5 Å². The quantitative estimate of drug-likeness (QED) is 0.410. The fourth-order valence-electron chi connectivity index (χ4n) is 2.80. The van der Waals surface area contributed by atoms with E-state index in [9.17, 15) is 8.78 Å². The van der Waals surface area contributed by atoms with Crippen LogP contribution in [0.2, 0.25) is 0 Å². The van der Waals surface area contributed by atoms with Gasteiger partial charge in [-0.05, 0) is 49.2 Å². The molecule has 0 radical (unpaired) electrons. The molecule has 170 valence electrons. The zero-order valence-corrected chi connectivity index (χ0v) is 18.2. The third-order valence-corrected chi connectivity index (χ3v) is 4.20. The lowest BCUT2D eigenvalue weighted by Crippen LogP contribution is -2.36. The highest BCUT2D eigenvalue weighted by atomic mass is 19.3. The number of benzene rings is 2. The molecular weight excluding hydrogens is 408 g/mol. The van der Waals surface area contributed by atoms with Crippen molar-refractivity contribution in [3.05, 3.63) is 47.5 Å². The lowest BCUT2D eigenvalue weighted by atomic mass is 10.2. The van der Waals surface area contributed by atoms with Gasteiger partial charge in [0.1, 0.15) is 0 Å². The number of guanidine groups is 1. The minimum absolute atomic E-state index is 0.00284. The Kier molecular flexibility index (Phi) is 9.67. The first kappa shape index (κ1) is 24.0. The molecule has 0 bridgehead atoms. The SMILES string of the molecule is CCNC(=NCc1ccc(OC(F)F)c(OCC)c1)NCc1ccc(OC)c(OC)c1. The van der Waals surface area contributed by atoms with E-state index < -0.39 is 6.61 Å². The molecule has 0 aromatic heterocycles. The number of nitrogens with zero attached hydrogens (tertiary/aromatic N) is 1. The summed E-state index contributed by atoms with van der Waals surface area (Å²) in [4.78, 5) is 4.56. The van der Waals surface area contributed by atoms with Gasteiger partial charge in [0.25, 0.3) is 0 Å². The Labute approximate surface area is 181 Å². The van der Waals surface area contributed by atoms with E-state index in [4.69, 9.17) is 14.2 Å². The van der Waals surface area contributed by atoms with Crippen LogP contribution in [0.1, 0.15) is 25.0 Å². The molecule has 0 spiro atoms. The Hall–Kier alpha value is -3.23. The highest BCUT2D eigenvalue weighted by Gasteiger charge is 2.12. The van der Waals surface area contributed by atoms with E-state index in [1.165, 1.54) is 6.07 Å². The van der Waals surface area contributed by atoms with Crippen molar-refractivity contribution in [1.29, 1.82) is 0 Å². The van der Waals surface area contributed by atoms with Gasteiger partial charge in [0.05, 0.1) is 27.4 Å². The Morgan fingerprint density at radius 2 is 1.58 bits per heavy atom. The van der Waals surface area contributed by atoms with Gasteiger partial charge >= 0.3 is 6.61 Å². The van der Waals surface area contributed by atoms with Gasteiger partial charge in [0, 0.05) is 13.1 Å². The number of alkyl halides is 2. The molecule has 0 saturated heterocycles. The van der Waals surface area contributed by atoms with E-state index in [1.54, 1.807) is 33.3 Å². The molecule has 2 rings (SSSR count). The molecule has 31 heavy (non-hydrogen) atoms. The minimum Gasteiger partial charge on any atom is -0.493 e. The molecule has 0 aliphatic carbocycles. The minimum atomic E-state index is -2.91. The summed E-state index contributed by atoms with van der Waals surface area (Å²) < 4.78 is 45.6. The fraction of sp³-hybridized carbons (Fsp3) is 0.409. The Balaban J connectivity index is 2.09. The van der Waals surface area contributed by atoms with E-state index in [-0.39, 0.29) is 11.5 Å². The summed E-state index contributed by atoms with van der Waals surface area (Å²) in [6.45, 7) is 2.71. The topological polar surface area (TPSA) is 73.3 Å². The van der Waals surface area contributed by atoms with Crippen LogP contribution in [0.3, 0.4) is 0 Å². The second-order valence-corrected chi connectivity index (χ2v) is 6.33. The first-order valence-electron chi connectivity index (χ1n) is 9.94. The fourth-order valence-corrected chi connectivity index (χ4v) is 2.80. The van der Waals surface area contributed by atoms with Crippen LogP contribution in [0.4, 0.5) is 8.78 Å². The van der Waals surface area contributed by atoms with Crippen LogP contribution in [0.15, 0.2) is 41.4 Å². The van der Waals surface area contributed by atoms with Crippen LogP contribution in [0, 0.1) is 0 Å². The summed E-state index contributed by atoms with van der Waals surface area (Å²) in [5, 5.41) is 6.44. The average molecular weight is 437 g/mol. The number of hydrogen-bond donors (Lipinski definition) is 2. The van der Waals surface area contributed by atoms with Crippen LogP contribution >= 0.6 is 0 Å². The third kappa shape index (κ3) is 7.51. The Morgan fingerprint density at radius 3 is 2.23 bits per heavy atom. The molecule has 0 heterocycles. The zero-order chi connectivity index (χ0) is 22.6. The van der Waals surface area contributed by atoms with Crippen molar-refractivity contribution in [1.82, 2.24) is 10.6 Å². The van der Waals surface area contributed by atoms with Gasteiger partial charge in [-0.15, -0.1) is 0 Å². The lowest BCUT2D eigenvalue weighted by Gasteiger charge is -2.14. The average Bonchev–Trinajstić information content (AvgIpc) is 2.76. The highest BCUT2D eigenvalue weighted by molar-refractivity contribution is 5.79. The molecule has 0 aliphatic rings. The monoisotopic (exact) mass is 437 g/mol. The van der Waals surface area contributed by atoms with E-state index in [2.05, 4.69) is 20.4 Å². The van der Waals surface area contributed by atoms with E-state index in [1.807, 2.05) is 25.1 Å². The van der Waals surface area contributed by atoms with Gasteiger partial charge in [0.2, 0.25) is 0 Å². The largest absolute Gasteiger partial charge is 0.493 e. The molecule has 9 heteroatoms. The standard InChI is InChI=1S/C22H29F2N3O4/c1-5-25-22(26-13-15-7-9-17(28-3)19(11-15)29-4)27-14-16-8-10-18(31-21(23)24)20(12-16)30-6-2/h7-12,21H,5-6,13-14H2,1-4H3,(H2,25,26,27). The van der Waals surface area contributed by atoms with Gasteiger partial charge in [-0.25, -0.2) is 4.99 Å². The first-order chi connectivity index (χ1) is 15.0. The van der Waals surface area contributed by atoms with Crippen LogP contribution in [0.25, 0.3) is 0 Å². The molecule has 0 aliphatic heterocycles. The summed E-state index contributed by atoms with van der Waals surface area (Å²) in [6, 6.07) is 10.5. The van der Waals surface area contributed by atoms with Gasteiger partial charge in [0.15, 0.2) is 29.0 Å². The Morgan fingerprint density at radius 1 is 0.903 bits per heavy atom. The van der Waals surface area contributed by atoms with Crippen molar-refractivity contribution in [2.75, 3.05) is 27.4 Å². The third-order valence-electron chi connectivity index (χ3n) is 4.20. The predicted molar refractivity (Wildman–Crippen MR) is 115 cm³/mol. The molecule has 0 atom stereocenters. The predicted octanol–water partition coefficient (Wildman–Crippen LogP) is 3.96. The second kappa shape index (κ2) is 12.5. The van der Waals surface area contributed by atoms with Gasteiger partial charge in [-0.2, -0.15) is 8.78 Å². The highest BCUT2D eigenvalue weighted by Crippen LogP contribution is 2.30. The summed E-state index contributed by atoms with van der Waals surface area (Å²) >= 11 is 0. The molecule has 0 amide bonds. The molecule has 7 nitrogen and oxygen atoms in total. The normalized spacial score (nSPS) is 11.3. The number of aliphatic imine (C=N–C) groups is 1. The summed E-state index contributed by atoms with van der Waals surface area (Å²) in [7, 11) is 3.18. The number of methoxy groups -OCH3 is 2. The molecular formula is C22H29F2N3O4. The van der Waals surface area contributed by atoms with Crippen molar-refractivity contribution in [3.8, 4) is 23.0 Å². The molecule has 0 unspecified atom stereocenters. The van der Waals surface area contributed by atoms with Gasteiger partial charge in [-0.1, -0.05) is 12.1 Å². The van der Waals surface area contributed by atoms with Crippen molar-refractivity contribution in [3.63, 3.8) is 0 Å². The van der Waals surface area contributed by atoms with E-state index in [0.717, 1.165) is 11.1 Å². The summed E-state index contributed by atoms with van der Waals surface area (Å²) in [5.74, 6) is 2.19. The first-order valence-corrected chi connectivity index (χ1v) is 9.94. The number of rotatable bonds is 11. The maximum absolute atomic E-state index is 12.6. The van der Waals surface area contributed by atoms with Gasteiger partial charge < -0.3 is 29.6 Å². The van der Waals surface area contributed by atoms with Crippen molar-refractivity contribution >= 4 is 5.96 Å². The maximum atomic E-state index is 12.6. The maximum Gasteiger partial charge on any atom is 0.387 e. The van der Waals surface area contributed by atoms with Crippen LogP contribution in [-0.4, -0.2) is 39.9 Å². The molecule has 0 saturated carbocycles.